The third-order valence-corrected chi connectivity index (χ3v) is 10.5. The van der Waals surface area contributed by atoms with Crippen LogP contribution in [0.1, 0.15) is 18.5 Å². The molecule has 0 spiro atoms. The molecule has 0 radical (unpaired) electrons. The topological polar surface area (TPSA) is 43.6 Å². The lowest BCUT2D eigenvalue weighted by Crippen LogP contribution is -1.98. The fourth-order valence-electron chi connectivity index (χ4n) is 7.66. The number of hydrogen-bond donors (Lipinski definition) is 0. The second-order valence-electron chi connectivity index (χ2n) is 14.0. The maximum atomic E-state index is 5.07. The summed E-state index contributed by atoms with van der Waals surface area (Å²) >= 11 is 0. The summed E-state index contributed by atoms with van der Waals surface area (Å²) in [6, 6.07) is 62.0. The predicted molar refractivity (Wildman–Crippen MR) is 228 cm³/mol. The zero-order valence-corrected chi connectivity index (χ0v) is 30.2. The van der Waals surface area contributed by atoms with E-state index in [1.165, 1.54) is 21.9 Å². The van der Waals surface area contributed by atoms with Gasteiger partial charge >= 0.3 is 0 Å². The minimum atomic E-state index is 0.728. The van der Waals surface area contributed by atoms with E-state index in [4.69, 9.17) is 15.0 Å². The molecule has 0 amide bonds. The van der Waals surface area contributed by atoms with E-state index >= 15 is 0 Å². The summed E-state index contributed by atoms with van der Waals surface area (Å²) in [5, 5.41) is 2.42. The number of benzene rings is 7. The van der Waals surface area contributed by atoms with E-state index in [-0.39, 0.29) is 0 Å². The van der Waals surface area contributed by atoms with Gasteiger partial charge in [0.05, 0.1) is 22.4 Å². The van der Waals surface area contributed by atoms with Crippen LogP contribution in [0.4, 0.5) is 0 Å². The Morgan fingerprint density at radius 2 is 1.15 bits per heavy atom. The number of para-hydroxylation sites is 3. The minimum Gasteiger partial charge on any atom is -0.292 e. The molecule has 260 valence electrons. The average Bonchev–Trinajstić information content (AvgIpc) is 3.67. The zero-order chi connectivity index (χ0) is 36.6. The lowest BCUT2D eigenvalue weighted by atomic mass is 9.94. The average molecular weight is 705 g/mol. The van der Waals surface area contributed by atoms with Crippen molar-refractivity contribution < 1.29 is 0 Å². The molecule has 0 unspecified atom stereocenters. The van der Waals surface area contributed by atoms with E-state index in [2.05, 4.69) is 181 Å². The van der Waals surface area contributed by atoms with Crippen molar-refractivity contribution in [1.82, 2.24) is 19.5 Å². The first-order valence-electron chi connectivity index (χ1n) is 18.8. The highest BCUT2D eigenvalue weighted by atomic mass is 15.1. The molecular formula is C51H36N4. The molecule has 55 heavy (non-hydrogen) atoms. The highest BCUT2D eigenvalue weighted by Gasteiger charge is 2.16. The van der Waals surface area contributed by atoms with Crippen molar-refractivity contribution in [3.63, 3.8) is 0 Å². The summed E-state index contributed by atoms with van der Waals surface area (Å²) in [7, 11) is 0. The van der Waals surface area contributed by atoms with E-state index in [0.29, 0.717) is 0 Å². The van der Waals surface area contributed by atoms with Crippen molar-refractivity contribution in [3.8, 4) is 62.0 Å². The first-order chi connectivity index (χ1) is 27.2. The largest absolute Gasteiger partial charge is 0.292 e. The van der Waals surface area contributed by atoms with Gasteiger partial charge in [-0.25, -0.2) is 15.0 Å². The third kappa shape index (κ3) is 6.24. The Kier molecular flexibility index (Phi) is 8.27. The van der Waals surface area contributed by atoms with Crippen LogP contribution >= 0.6 is 0 Å². The van der Waals surface area contributed by atoms with Gasteiger partial charge in [-0.2, -0.15) is 0 Å². The van der Waals surface area contributed by atoms with Gasteiger partial charge in [-0.3, -0.25) is 4.57 Å². The molecule has 4 nitrogen and oxygen atoms in total. The van der Waals surface area contributed by atoms with Crippen molar-refractivity contribution in [3.05, 3.63) is 200 Å². The zero-order valence-electron chi connectivity index (χ0n) is 30.2. The quantitative estimate of drug-likeness (QED) is 0.166. The van der Waals surface area contributed by atoms with Gasteiger partial charge in [0, 0.05) is 22.4 Å². The number of nitrogens with zero attached hydrogens (tertiary/aromatic N) is 4. The Balaban J connectivity index is 0.987. The minimum absolute atomic E-state index is 0.728. The summed E-state index contributed by atoms with van der Waals surface area (Å²) in [5.74, 6) is 1.66. The lowest BCUT2D eigenvalue weighted by Gasteiger charge is -2.13. The molecule has 0 saturated carbocycles. The number of aromatic nitrogens is 4. The summed E-state index contributed by atoms with van der Waals surface area (Å²) in [5.41, 5.74) is 14.0. The van der Waals surface area contributed by atoms with E-state index < -0.39 is 0 Å². The van der Waals surface area contributed by atoms with E-state index in [1.807, 2.05) is 18.2 Å². The van der Waals surface area contributed by atoms with Crippen LogP contribution in [0.3, 0.4) is 0 Å². The highest BCUT2D eigenvalue weighted by Crippen LogP contribution is 2.36. The Bertz CT molecular complexity index is 2880. The summed E-state index contributed by atoms with van der Waals surface area (Å²) < 4.78 is 2.24. The van der Waals surface area contributed by atoms with Crippen LogP contribution in [0.25, 0.3) is 89.4 Å². The number of rotatable bonds is 7. The standard InChI is InChI=1S/C51H36N4/c1-4-13-38(14-5-1)47-34-48(39-15-6-2-7-16-39)53-50(52-47)40-28-25-37(26-29-40)44-20-12-17-36-27-32-42(33-45(36)44)35-23-30-41(31-24-35)51-54-46-21-10-11-22-49(46)55(51)43-18-8-3-9-19-43/h1,3-6,8-34H,2,7H2. The summed E-state index contributed by atoms with van der Waals surface area (Å²) in [4.78, 5) is 15.2. The van der Waals surface area contributed by atoms with Crippen LogP contribution in [-0.4, -0.2) is 19.5 Å². The molecule has 0 fully saturated rings. The highest BCUT2D eigenvalue weighted by molar-refractivity contribution is 5.99. The normalized spacial score (nSPS) is 12.6. The molecule has 7 aromatic carbocycles. The van der Waals surface area contributed by atoms with Crippen LogP contribution < -0.4 is 0 Å². The Hall–Kier alpha value is -7.17. The van der Waals surface area contributed by atoms with Gasteiger partial charge in [0.25, 0.3) is 0 Å². The summed E-state index contributed by atoms with van der Waals surface area (Å²) in [6.07, 6.45) is 8.77. The molecule has 0 aliphatic heterocycles. The Labute approximate surface area is 320 Å². The molecule has 0 bridgehead atoms. The SMILES string of the molecule is C1=CC(c2cc(-c3ccccc3)nc(-c3ccc(-c4cccc5ccc(-c6ccc(-c7nc8ccccc8n7-c7ccccc7)cc6)cc45)cc3)n2)=CCC1. The maximum Gasteiger partial charge on any atom is 0.160 e. The van der Waals surface area contributed by atoms with Crippen LogP contribution in [0, 0.1) is 0 Å². The molecular weight excluding hydrogens is 669 g/mol. The smallest absolute Gasteiger partial charge is 0.160 e. The molecule has 1 aliphatic rings. The summed E-state index contributed by atoms with van der Waals surface area (Å²) in [6.45, 7) is 0. The lowest BCUT2D eigenvalue weighted by molar-refractivity contribution is 1.03. The Morgan fingerprint density at radius 1 is 0.455 bits per heavy atom. The number of hydrogen-bond acceptors (Lipinski definition) is 3. The third-order valence-electron chi connectivity index (χ3n) is 10.5. The molecule has 0 N–H and O–H groups in total. The van der Waals surface area contributed by atoms with Gasteiger partial charge in [0.15, 0.2) is 5.82 Å². The fourth-order valence-corrected chi connectivity index (χ4v) is 7.66. The Morgan fingerprint density at radius 3 is 1.95 bits per heavy atom. The molecule has 10 rings (SSSR count). The van der Waals surface area contributed by atoms with Gasteiger partial charge < -0.3 is 0 Å². The number of fused-ring (bicyclic) bond motifs is 2. The van der Waals surface area contributed by atoms with Crippen molar-refractivity contribution in [2.45, 2.75) is 12.8 Å². The predicted octanol–water partition coefficient (Wildman–Crippen LogP) is 13.0. The van der Waals surface area contributed by atoms with E-state index in [9.17, 15) is 0 Å². The number of allylic oxidation sites excluding steroid dienone is 4. The first kappa shape index (κ1) is 32.5. The monoisotopic (exact) mass is 704 g/mol. The molecule has 1 aliphatic carbocycles. The van der Waals surface area contributed by atoms with Crippen LogP contribution in [0.15, 0.2) is 194 Å². The molecule has 9 aromatic rings. The van der Waals surface area contributed by atoms with Crippen molar-refractivity contribution in [2.24, 2.45) is 0 Å². The van der Waals surface area contributed by atoms with Gasteiger partial charge in [-0.15, -0.1) is 0 Å². The molecule has 2 heterocycles. The van der Waals surface area contributed by atoms with Crippen LogP contribution in [0.2, 0.25) is 0 Å². The van der Waals surface area contributed by atoms with Crippen molar-refractivity contribution >= 4 is 27.4 Å². The second-order valence-corrected chi connectivity index (χ2v) is 14.0. The van der Waals surface area contributed by atoms with E-state index in [1.54, 1.807) is 0 Å². The molecule has 0 saturated heterocycles. The molecule has 4 heteroatoms. The first-order valence-corrected chi connectivity index (χ1v) is 18.8. The number of imidazole rings is 1. The van der Waals surface area contributed by atoms with Crippen molar-refractivity contribution in [1.29, 1.82) is 0 Å². The fraction of sp³-hybridized carbons (Fsp3) is 0.0392. The van der Waals surface area contributed by atoms with Gasteiger partial charge in [0.1, 0.15) is 5.82 Å². The van der Waals surface area contributed by atoms with Crippen molar-refractivity contribution in [2.75, 3.05) is 0 Å². The second kappa shape index (κ2) is 14.0. The maximum absolute atomic E-state index is 5.07. The van der Waals surface area contributed by atoms with Gasteiger partial charge in [0.2, 0.25) is 0 Å². The molecule has 0 atom stereocenters. The van der Waals surface area contributed by atoms with Gasteiger partial charge in [-0.05, 0) is 87.8 Å². The van der Waals surface area contributed by atoms with E-state index in [0.717, 1.165) is 86.0 Å². The van der Waals surface area contributed by atoms with Crippen LogP contribution in [-0.2, 0) is 0 Å². The van der Waals surface area contributed by atoms with Gasteiger partial charge in [-0.1, -0.05) is 158 Å². The van der Waals surface area contributed by atoms with Crippen LogP contribution in [0.5, 0.6) is 0 Å². The molecule has 2 aromatic heterocycles.